The lowest BCUT2D eigenvalue weighted by molar-refractivity contribution is -0.123. The highest BCUT2D eigenvalue weighted by Crippen LogP contribution is 2.39. The molecule has 110 valence electrons. The van der Waals surface area contributed by atoms with Crippen molar-refractivity contribution >= 4 is 5.91 Å². The monoisotopic (exact) mass is 277 g/mol. The van der Waals surface area contributed by atoms with Crippen LogP contribution < -0.4 is 11.1 Å². The summed E-state index contributed by atoms with van der Waals surface area (Å²) in [6.45, 7) is 0.591. The van der Waals surface area contributed by atoms with Gasteiger partial charge in [0, 0.05) is 18.5 Å². The molecule has 2 bridgehead atoms. The van der Waals surface area contributed by atoms with E-state index in [1.807, 2.05) is 0 Å². The number of amides is 1. The van der Waals surface area contributed by atoms with Crippen LogP contribution in [-0.4, -0.2) is 32.8 Å². The number of carbonyl (C=O) groups is 1. The molecule has 2 unspecified atom stereocenters. The molecule has 6 nitrogen and oxygen atoms in total. The highest BCUT2D eigenvalue weighted by atomic mass is 16.1. The minimum Gasteiger partial charge on any atom is -0.353 e. The van der Waals surface area contributed by atoms with Crippen LogP contribution >= 0.6 is 0 Å². The van der Waals surface area contributed by atoms with E-state index in [4.69, 9.17) is 5.73 Å². The largest absolute Gasteiger partial charge is 0.353 e. The summed E-state index contributed by atoms with van der Waals surface area (Å²) in [6.07, 6.45) is 9.41. The number of nitrogens with one attached hydrogen (secondary N) is 1. The molecule has 0 aromatic carbocycles. The van der Waals surface area contributed by atoms with Crippen LogP contribution in [0.3, 0.4) is 0 Å². The van der Waals surface area contributed by atoms with Crippen LogP contribution in [0.4, 0.5) is 0 Å². The Morgan fingerprint density at radius 1 is 1.35 bits per heavy atom. The second-order valence-electron chi connectivity index (χ2n) is 6.18. The van der Waals surface area contributed by atoms with Gasteiger partial charge in [0.25, 0.3) is 0 Å². The maximum absolute atomic E-state index is 12.1. The molecule has 6 heteroatoms. The minimum atomic E-state index is 0.123. The van der Waals surface area contributed by atoms with Crippen molar-refractivity contribution in [2.45, 2.75) is 57.2 Å². The van der Waals surface area contributed by atoms with Crippen molar-refractivity contribution in [2.24, 2.45) is 17.6 Å². The van der Waals surface area contributed by atoms with Crippen molar-refractivity contribution in [3.05, 3.63) is 12.7 Å². The summed E-state index contributed by atoms with van der Waals surface area (Å²) >= 11 is 0. The van der Waals surface area contributed by atoms with Gasteiger partial charge in [-0.25, -0.2) is 4.98 Å². The van der Waals surface area contributed by atoms with Gasteiger partial charge in [0.05, 0.1) is 6.54 Å². The van der Waals surface area contributed by atoms with Gasteiger partial charge in [0.1, 0.15) is 12.7 Å². The first kappa shape index (κ1) is 13.5. The zero-order valence-corrected chi connectivity index (χ0v) is 11.7. The number of aromatic nitrogens is 3. The van der Waals surface area contributed by atoms with Crippen LogP contribution in [0, 0.1) is 11.8 Å². The fourth-order valence-corrected chi connectivity index (χ4v) is 3.85. The lowest BCUT2D eigenvalue weighted by atomic mass is 9.67. The number of nitrogens with zero attached hydrogens (tertiary/aromatic N) is 3. The van der Waals surface area contributed by atoms with Crippen molar-refractivity contribution in [1.82, 2.24) is 20.1 Å². The molecule has 0 spiro atoms. The van der Waals surface area contributed by atoms with E-state index in [1.165, 1.54) is 25.6 Å². The molecule has 2 saturated carbocycles. The van der Waals surface area contributed by atoms with Crippen molar-refractivity contribution in [3.63, 3.8) is 0 Å². The summed E-state index contributed by atoms with van der Waals surface area (Å²) in [7, 11) is 0. The van der Waals surface area contributed by atoms with Gasteiger partial charge >= 0.3 is 0 Å². The van der Waals surface area contributed by atoms with Crippen molar-refractivity contribution in [2.75, 3.05) is 0 Å². The summed E-state index contributed by atoms with van der Waals surface area (Å²) in [5, 5.41) is 7.26. The van der Waals surface area contributed by atoms with Crippen molar-refractivity contribution < 1.29 is 4.79 Å². The Kier molecular flexibility index (Phi) is 4.00. The molecule has 3 rings (SSSR count). The van der Waals surface area contributed by atoms with Gasteiger partial charge in [-0.3, -0.25) is 9.48 Å². The maximum atomic E-state index is 12.1. The standard InChI is InChI=1S/C14H23N5O/c15-12-6-10-2-1-3-11(7-12)14(10)18-13(20)4-5-19-9-16-8-17-19/h8-12,14H,1-7,15H2,(H,18,20). The SMILES string of the molecule is NC1CC2CCCC(C1)C2NC(=O)CCn1cncn1. The van der Waals surface area contributed by atoms with Crippen molar-refractivity contribution in [1.29, 1.82) is 0 Å². The van der Waals surface area contributed by atoms with Crippen LogP contribution in [0.15, 0.2) is 12.7 Å². The minimum absolute atomic E-state index is 0.123. The molecule has 0 aliphatic heterocycles. The highest BCUT2D eigenvalue weighted by molar-refractivity contribution is 5.76. The van der Waals surface area contributed by atoms with Crippen LogP contribution in [0.25, 0.3) is 0 Å². The zero-order chi connectivity index (χ0) is 13.9. The first-order chi connectivity index (χ1) is 9.72. The van der Waals surface area contributed by atoms with E-state index in [0.29, 0.717) is 36.9 Å². The van der Waals surface area contributed by atoms with Gasteiger partial charge in [0.2, 0.25) is 5.91 Å². The second kappa shape index (κ2) is 5.91. The number of rotatable bonds is 4. The van der Waals surface area contributed by atoms with E-state index in [-0.39, 0.29) is 5.91 Å². The second-order valence-corrected chi connectivity index (χ2v) is 6.18. The average Bonchev–Trinajstić information content (AvgIpc) is 2.91. The molecule has 1 aromatic rings. The third-order valence-electron chi connectivity index (χ3n) is 4.74. The van der Waals surface area contributed by atoms with Gasteiger partial charge in [-0.15, -0.1) is 0 Å². The lowest BCUT2D eigenvalue weighted by Crippen LogP contribution is -2.53. The van der Waals surface area contributed by atoms with Crippen molar-refractivity contribution in [3.8, 4) is 0 Å². The molecule has 1 amide bonds. The van der Waals surface area contributed by atoms with Gasteiger partial charge in [-0.1, -0.05) is 6.42 Å². The Bertz CT molecular complexity index is 432. The first-order valence-electron chi connectivity index (χ1n) is 7.59. The Balaban J connectivity index is 1.53. The molecule has 0 saturated heterocycles. The normalized spacial score (nSPS) is 32.9. The molecule has 0 radical (unpaired) electrons. The number of hydrogen-bond acceptors (Lipinski definition) is 4. The van der Waals surface area contributed by atoms with E-state index < -0.39 is 0 Å². The highest BCUT2D eigenvalue weighted by Gasteiger charge is 2.39. The Labute approximate surface area is 119 Å². The molecular formula is C14H23N5O. The van der Waals surface area contributed by atoms with Crippen LogP contribution in [0.5, 0.6) is 0 Å². The average molecular weight is 277 g/mol. The smallest absolute Gasteiger partial charge is 0.222 e. The topological polar surface area (TPSA) is 85.8 Å². The summed E-state index contributed by atoms with van der Waals surface area (Å²) < 4.78 is 1.69. The van der Waals surface area contributed by atoms with Gasteiger partial charge in [0.15, 0.2) is 0 Å². The molecule has 20 heavy (non-hydrogen) atoms. The number of carbonyl (C=O) groups excluding carboxylic acids is 1. The quantitative estimate of drug-likeness (QED) is 0.848. The van der Waals surface area contributed by atoms with E-state index in [1.54, 1.807) is 11.0 Å². The Morgan fingerprint density at radius 2 is 2.10 bits per heavy atom. The third kappa shape index (κ3) is 3.00. The van der Waals surface area contributed by atoms with Gasteiger partial charge in [-0.2, -0.15) is 5.10 Å². The first-order valence-corrected chi connectivity index (χ1v) is 7.59. The maximum Gasteiger partial charge on any atom is 0.222 e. The summed E-state index contributed by atoms with van der Waals surface area (Å²) in [4.78, 5) is 16.0. The fourth-order valence-electron chi connectivity index (χ4n) is 3.85. The van der Waals surface area contributed by atoms with Gasteiger partial charge < -0.3 is 11.1 Å². The molecule has 3 N–H and O–H groups in total. The Morgan fingerprint density at radius 3 is 2.75 bits per heavy atom. The molecule has 2 aliphatic rings. The Hall–Kier alpha value is -1.43. The molecule has 2 aliphatic carbocycles. The lowest BCUT2D eigenvalue weighted by Gasteiger charge is -2.45. The molecular weight excluding hydrogens is 254 g/mol. The van der Waals surface area contributed by atoms with Gasteiger partial charge in [-0.05, 0) is 37.5 Å². The zero-order valence-electron chi connectivity index (χ0n) is 11.7. The molecule has 2 fully saturated rings. The predicted octanol–water partition coefficient (Wildman–Crippen LogP) is 0.690. The van der Waals surface area contributed by atoms with E-state index in [2.05, 4.69) is 15.4 Å². The van der Waals surface area contributed by atoms with E-state index >= 15 is 0 Å². The number of hydrogen-bond donors (Lipinski definition) is 2. The predicted molar refractivity (Wildman–Crippen MR) is 74.6 cm³/mol. The molecule has 1 aromatic heterocycles. The summed E-state index contributed by atoms with van der Waals surface area (Å²) in [5.41, 5.74) is 6.11. The van der Waals surface area contributed by atoms with E-state index in [9.17, 15) is 4.79 Å². The van der Waals surface area contributed by atoms with E-state index in [0.717, 1.165) is 12.8 Å². The molecule has 2 atom stereocenters. The molecule has 1 heterocycles. The third-order valence-corrected chi connectivity index (χ3v) is 4.74. The summed E-state index contributed by atoms with van der Waals surface area (Å²) in [5.74, 6) is 1.28. The van der Waals surface area contributed by atoms with Crippen LogP contribution in [0.2, 0.25) is 0 Å². The number of fused-ring (bicyclic) bond motifs is 2. The van der Waals surface area contributed by atoms with Crippen LogP contribution in [-0.2, 0) is 11.3 Å². The summed E-state index contributed by atoms with van der Waals surface area (Å²) in [6, 6.07) is 0.667. The number of aryl methyl sites for hydroxylation is 1. The van der Waals surface area contributed by atoms with Crippen LogP contribution in [0.1, 0.15) is 38.5 Å². The fraction of sp³-hybridized carbons (Fsp3) is 0.786. The number of nitrogens with two attached hydrogens (primary N) is 1.